The van der Waals surface area contributed by atoms with Gasteiger partial charge in [-0.05, 0) is 18.2 Å². The van der Waals surface area contributed by atoms with Crippen molar-refractivity contribution >= 4 is 52.2 Å². The average molecular weight is 275 g/mol. The Morgan fingerprint density at radius 3 is 2.75 bits per heavy atom. The number of rotatable bonds is 2. The first-order chi connectivity index (χ1) is 7.72. The summed E-state index contributed by atoms with van der Waals surface area (Å²) in [4.78, 5) is 16.8. The van der Waals surface area contributed by atoms with E-state index in [2.05, 4.69) is 4.99 Å². The van der Waals surface area contributed by atoms with E-state index in [1.807, 2.05) is 0 Å². The molecule has 1 aliphatic heterocycles. The van der Waals surface area contributed by atoms with Crippen LogP contribution < -0.4 is 4.90 Å². The summed E-state index contributed by atoms with van der Waals surface area (Å²) in [6.07, 6.45) is 0.733. The predicted molar refractivity (Wildman–Crippen MR) is 69.8 cm³/mol. The molecule has 1 aliphatic rings. The van der Waals surface area contributed by atoms with Gasteiger partial charge in [0.1, 0.15) is 0 Å². The number of nitrogens with zero attached hydrogens (tertiary/aromatic N) is 2. The zero-order valence-electron chi connectivity index (χ0n) is 8.19. The molecular formula is C10H8Cl2N2OS. The van der Waals surface area contributed by atoms with Gasteiger partial charge in [-0.1, -0.05) is 35.0 Å². The van der Waals surface area contributed by atoms with Crippen LogP contribution in [0.3, 0.4) is 0 Å². The fraction of sp³-hybridized carbons (Fsp3) is 0.200. The molecule has 0 bridgehead atoms. The third-order valence-corrected chi connectivity index (χ3v) is 3.77. The van der Waals surface area contributed by atoms with Crippen molar-refractivity contribution in [3.8, 4) is 0 Å². The Hall–Kier alpha value is -0.710. The van der Waals surface area contributed by atoms with E-state index < -0.39 is 0 Å². The average Bonchev–Trinajstić information content (AvgIpc) is 2.78. The number of amides is 1. The molecule has 0 spiro atoms. The van der Waals surface area contributed by atoms with E-state index in [1.54, 1.807) is 30.0 Å². The maximum Gasteiger partial charge on any atom is 0.220 e. The third kappa shape index (κ3) is 2.34. The van der Waals surface area contributed by atoms with Gasteiger partial charge in [0.25, 0.3) is 0 Å². The highest BCUT2D eigenvalue weighted by molar-refractivity contribution is 8.14. The molecule has 6 heteroatoms. The predicted octanol–water partition coefficient (Wildman–Crippen LogP) is 3.06. The summed E-state index contributed by atoms with van der Waals surface area (Å²) in [5, 5.41) is 1.60. The Labute approximate surface area is 107 Å². The van der Waals surface area contributed by atoms with Crippen molar-refractivity contribution in [1.82, 2.24) is 0 Å². The second kappa shape index (κ2) is 5.08. The van der Waals surface area contributed by atoms with Gasteiger partial charge in [-0.25, -0.2) is 0 Å². The minimum atomic E-state index is 0.426. The molecule has 0 fully saturated rings. The molecule has 84 valence electrons. The Morgan fingerprint density at radius 2 is 2.19 bits per heavy atom. The van der Waals surface area contributed by atoms with E-state index in [4.69, 9.17) is 23.2 Å². The van der Waals surface area contributed by atoms with Crippen LogP contribution in [-0.2, 0) is 4.79 Å². The van der Waals surface area contributed by atoms with Gasteiger partial charge >= 0.3 is 0 Å². The summed E-state index contributed by atoms with van der Waals surface area (Å²) in [5.41, 5.74) is 0.678. The van der Waals surface area contributed by atoms with Crippen LogP contribution >= 0.6 is 35.0 Å². The smallest absolute Gasteiger partial charge is 0.220 e. The fourth-order valence-corrected chi connectivity index (χ4v) is 2.45. The molecular weight excluding hydrogens is 267 g/mol. The Balaban J connectivity index is 2.33. The highest BCUT2D eigenvalue weighted by Crippen LogP contribution is 2.28. The van der Waals surface area contributed by atoms with Crippen LogP contribution in [0.4, 0.5) is 5.69 Å². The molecule has 0 aliphatic carbocycles. The number of thioether (sulfide) groups is 1. The summed E-state index contributed by atoms with van der Waals surface area (Å²) < 4.78 is 0. The van der Waals surface area contributed by atoms with Crippen molar-refractivity contribution in [1.29, 1.82) is 0 Å². The first kappa shape index (κ1) is 11.8. The fourth-order valence-electron chi connectivity index (χ4n) is 1.32. The largest absolute Gasteiger partial charge is 0.278 e. The summed E-state index contributed by atoms with van der Waals surface area (Å²) in [7, 11) is 0. The van der Waals surface area contributed by atoms with E-state index in [0.29, 0.717) is 20.9 Å². The number of amidine groups is 1. The lowest BCUT2D eigenvalue weighted by Crippen LogP contribution is -2.25. The second-order valence-corrected chi connectivity index (χ2v) is 4.96. The first-order valence-electron chi connectivity index (χ1n) is 4.59. The second-order valence-electron chi connectivity index (χ2n) is 3.09. The van der Waals surface area contributed by atoms with Crippen molar-refractivity contribution in [2.75, 3.05) is 17.2 Å². The summed E-state index contributed by atoms with van der Waals surface area (Å²) in [6, 6.07) is 5.06. The molecule has 0 saturated carbocycles. The van der Waals surface area contributed by atoms with Gasteiger partial charge in [0.15, 0.2) is 5.17 Å². The normalized spacial score (nSPS) is 14.8. The molecule has 0 N–H and O–H groups in total. The van der Waals surface area contributed by atoms with Crippen LogP contribution in [0, 0.1) is 0 Å². The number of aliphatic imine (C=N–C) groups is 1. The molecule has 1 heterocycles. The topological polar surface area (TPSA) is 32.7 Å². The third-order valence-electron chi connectivity index (χ3n) is 2.06. The van der Waals surface area contributed by atoms with Crippen LogP contribution in [-0.4, -0.2) is 23.9 Å². The zero-order chi connectivity index (χ0) is 11.5. The number of halogens is 2. The zero-order valence-corrected chi connectivity index (χ0v) is 10.5. The monoisotopic (exact) mass is 274 g/mol. The Morgan fingerprint density at radius 1 is 1.38 bits per heavy atom. The van der Waals surface area contributed by atoms with Gasteiger partial charge in [-0.3, -0.25) is 14.7 Å². The summed E-state index contributed by atoms with van der Waals surface area (Å²) in [5.74, 6) is 0.904. The van der Waals surface area contributed by atoms with E-state index in [9.17, 15) is 4.79 Å². The van der Waals surface area contributed by atoms with Gasteiger partial charge in [-0.2, -0.15) is 0 Å². The van der Waals surface area contributed by atoms with Gasteiger partial charge < -0.3 is 0 Å². The van der Waals surface area contributed by atoms with Crippen LogP contribution in [0.1, 0.15) is 0 Å². The molecule has 0 saturated heterocycles. The lowest BCUT2D eigenvalue weighted by molar-refractivity contribution is -0.106. The van der Waals surface area contributed by atoms with E-state index in [0.717, 1.165) is 18.7 Å². The van der Waals surface area contributed by atoms with Crippen LogP contribution in [0.15, 0.2) is 23.2 Å². The summed E-state index contributed by atoms with van der Waals surface area (Å²) in [6.45, 7) is 0.742. The van der Waals surface area contributed by atoms with Crippen molar-refractivity contribution in [3.05, 3.63) is 28.2 Å². The molecule has 1 amide bonds. The maximum absolute atomic E-state index is 11.0. The first-order valence-corrected chi connectivity index (χ1v) is 6.33. The number of benzene rings is 1. The van der Waals surface area contributed by atoms with Gasteiger partial charge in [0.2, 0.25) is 6.41 Å². The standard InChI is InChI=1S/C10H8Cl2N2OS/c11-8-2-1-7(5-9(8)12)14(6-15)10-13-3-4-16-10/h1-2,5-6H,3-4H2. The molecule has 1 aromatic rings. The number of hydrogen-bond donors (Lipinski definition) is 0. The lowest BCUT2D eigenvalue weighted by Gasteiger charge is -2.16. The molecule has 2 rings (SSSR count). The molecule has 0 radical (unpaired) electrons. The number of carbonyl (C=O) groups is 1. The minimum Gasteiger partial charge on any atom is -0.278 e. The summed E-state index contributed by atoms with van der Waals surface area (Å²) >= 11 is 13.3. The lowest BCUT2D eigenvalue weighted by atomic mass is 10.3. The highest BCUT2D eigenvalue weighted by atomic mass is 35.5. The Kier molecular flexibility index (Phi) is 3.74. The number of anilines is 1. The van der Waals surface area contributed by atoms with Crippen LogP contribution in [0.5, 0.6) is 0 Å². The van der Waals surface area contributed by atoms with E-state index >= 15 is 0 Å². The van der Waals surface area contributed by atoms with Crippen molar-refractivity contribution in [3.63, 3.8) is 0 Å². The molecule has 0 atom stereocenters. The van der Waals surface area contributed by atoms with Crippen molar-refractivity contribution in [2.45, 2.75) is 0 Å². The molecule has 3 nitrogen and oxygen atoms in total. The van der Waals surface area contributed by atoms with Crippen molar-refractivity contribution in [2.24, 2.45) is 4.99 Å². The SMILES string of the molecule is O=CN(C1=NCCS1)c1ccc(Cl)c(Cl)c1. The molecule has 16 heavy (non-hydrogen) atoms. The molecule has 0 unspecified atom stereocenters. The van der Waals surface area contributed by atoms with Gasteiger partial charge in [0, 0.05) is 5.75 Å². The quantitative estimate of drug-likeness (QED) is 0.777. The van der Waals surface area contributed by atoms with Gasteiger partial charge in [-0.15, -0.1) is 0 Å². The minimum absolute atomic E-state index is 0.426. The van der Waals surface area contributed by atoms with Gasteiger partial charge in [0.05, 0.1) is 22.3 Å². The number of hydrogen-bond acceptors (Lipinski definition) is 3. The molecule has 0 aromatic heterocycles. The molecule has 1 aromatic carbocycles. The highest BCUT2D eigenvalue weighted by Gasteiger charge is 2.17. The number of carbonyl (C=O) groups excluding carboxylic acids is 1. The van der Waals surface area contributed by atoms with E-state index in [1.165, 1.54) is 4.90 Å². The van der Waals surface area contributed by atoms with Crippen LogP contribution in [0.25, 0.3) is 0 Å². The van der Waals surface area contributed by atoms with Crippen molar-refractivity contribution < 1.29 is 4.79 Å². The Bertz CT molecular complexity index is 450. The van der Waals surface area contributed by atoms with E-state index in [-0.39, 0.29) is 0 Å². The van der Waals surface area contributed by atoms with Crippen LogP contribution in [0.2, 0.25) is 10.0 Å². The maximum atomic E-state index is 11.0.